The van der Waals surface area contributed by atoms with Gasteiger partial charge in [0.15, 0.2) is 17.4 Å². The summed E-state index contributed by atoms with van der Waals surface area (Å²) in [5.41, 5.74) is 2.24. The maximum absolute atomic E-state index is 13.3. The van der Waals surface area contributed by atoms with Gasteiger partial charge in [-0.3, -0.25) is 10.1 Å². The summed E-state index contributed by atoms with van der Waals surface area (Å²) in [5.74, 6) is 0.361. The summed E-state index contributed by atoms with van der Waals surface area (Å²) in [7, 11) is 1.42. The summed E-state index contributed by atoms with van der Waals surface area (Å²) in [6.07, 6.45) is 1.69. The minimum absolute atomic E-state index is 0.179. The first-order valence-electron chi connectivity index (χ1n) is 5.67. The normalized spacial score (nSPS) is 10.6. The second-order valence-electron chi connectivity index (χ2n) is 3.95. The van der Waals surface area contributed by atoms with Gasteiger partial charge >= 0.3 is 0 Å². The standard InChI is InChI=1S/C13H11FN4O/c1-19-11-7-8(4-5-9(11)14)16-13-12-10(17-18-13)3-2-6-15-12/h2-7H,1H3,(H2,16,17,18). The molecule has 3 rings (SSSR count). The second-order valence-corrected chi connectivity index (χ2v) is 3.95. The lowest BCUT2D eigenvalue weighted by molar-refractivity contribution is 0.387. The molecule has 0 saturated carbocycles. The van der Waals surface area contributed by atoms with E-state index >= 15 is 0 Å². The fourth-order valence-electron chi connectivity index (χ4n) is 1.81. The predicted molar refractivity (Wildman–Crippen MR) is 70.1 cm³/mol. The Kier molecular flexibility index (Phi) is 2.75. The number of aromatic nitrogens is 3. The summed E-state index contributed by atoms with van der Waals surface area (Å²) < 4.78 is 18.2. The molecule has 0 atom stereocenters. The van der Waals surface area contributed by atoms with E-state index in [1.807, 2.05) is 12.1 Å². The Morgan fingerprint density at radius 3 is 3.05 bits per heavy atom. The number of nitrogens with one attached hydrogen (secondary N) is 2. The summed E-state index contributed by atoms with van der Waals surface area (Å²) in [6.45, 7) is 0. The number of anilines is 2. The van der Waals surface area contributed by atoms with Gasteiger partial charge in [0.05, 0.1) is 12.6 Å². The number of aromatic amines is 1. The molecule has 0 radical (unpaired) electrons. The van der Waals surface area contributed by atoms with Crippen molar-refractivity contribution in [2.75, 3.05) is 12.4 Å². The van der Waals surface area contributed by atoms with Gasteiger partial charge in [0.1, 0.15) is 5.52 Å². The van der Waals surface area contributed by atoms with Crippen LogP contribution in [0.15, 0.2) is 36.5 Å². The van der Waals surface area contributed by atoms with E-state index in [1.165, 1.54) is 13.2 Å². The van der Waals surface area contributed by atoms with Gasteiger partial charge in [-0.15, -0.1) is 0 Å². The first-order valence-corrected chi connectivity index (χ1v) is 5.67. The third-order valence-electron chi connectivity index (χ3n) is 2.73. The van der Waals surface area contributed by atoms with Gasteiger partial charge in [0.2, 0.25) is 0 Å². The minimum Gasteiger partial charge on any atom is -0.494 e. The van der Waals surface area contributed by atoms with Crippen molar-refractivity contribution in [2.45, 2.75) is 0 Å². The molecule has 2 N–H and O–H groups in total. The fourth-order valence-corrected chi connectivity index (χ4v) is 1.81. The van der Waals surface area contributed by atoms with Gasteiger partial charge < -0.3 is 10.1 Å². The van der Waals surface area contributed by atoms with E-state index in [-0.39, 0.29) is 5.75 Å². The molecule has 0 aliphatic rings. The maximum atomic E-state index is 13.3. The number of benzene rings is 1. The Balaban J connectivity index is 1.97. The number of H-pyrrole nitrogens is 1. The lowest BCUT2D eigenvalue weighted by Crippen LogP contribution is -1.94. The van der Waals surface area contributed by atoms with Crippen molar-refractivity contribution in [1.82, 2.24) is 15.2 Å². The first-order chi connectivity index (χ1) is 9.28. The zero-order chi connectivity index (χ0) is 13.2. The van der Waals surface area contributed by atoms with Crippen molar-refractivity contribution in [3.05, 3.63) is 42.3 Å². The third-order valence-corrected chi connectivity index (χ3v) is 2.73. The molecule has 0 bridgehead atoms. The number of hydrogen-bond donors (Lipinski definition) is 2. The monoisotopic (exact) mass is 258 g/mol. The van der Waals surface area contributed by atoms with Crippen molar-refractivity contribution in [3.8, 4) is 5.75 Å². The van der Waals surface area contributed by atoms with Crippen molar-refractivity contribution < 1.29 is 9.13 Å². The maximum Gasteiger partial charge on any atom is 0.178 e. The number of methoxy groups -OCH3 is 1. The highest BCUT2D eigenvalue weighted by atomic mass is 19.1. The molecule has 2 aromatic heterocycles. The highest BCUT2D eigenvalue weighted by Crippen LogP contribution is 2.26. The molecule has 2 heterocycles. The van der Waals surface area contributed by atoms with E-state index < -0.39 is 5.82 Å². The lowest BCUT2D eigenvalue weighted by atomic mass is 10.3. The first kappa shape index (κ1) is 11.5. The van der Waals surface area contributed by atoms with E-state index in [4.69, 9.17) is 4.74 Å². The van der Waals surface area contributed by atoms with Crippen LogP contribution in [-0.2, 0) is 0 Å². The Morgan fingerprint density at radius 2 is 2.21 bits per heavy atom. The summed E-state index contributed by atoms with van der Waals surface area (Å²) in [4.78, 5) is 4.24. The number of rotatable bonds is 3. The second kappa shape index (κ2) is 4.56. The zero-order valence-corrected chi connectivity index (χ0v) is 10.1. The number of fused-ring (bicyclic) bond motifs is 1. The molecule has 0 unspecified atom stereocenters. The molecule has 3 aromatic rings. The van der Waals surface area contributed by atoms with Crippen LogP contribution in [0.1, 0.15) is 0 Å². The topological polar surface area (TPSA) is 62.8 Å². The summed E-state index contributed by atoms with van der Waals surface area (Å²) in [5, 5.41) is 10.1. The molecule has 6 heteroatoms. The number of nitrogens with zero attached hydrogens (tertiary/aromatic N) is 2. The Hall–Kier alpha value is -2.63. The Morgan fingerprint density at radius 1 is 1.32 bits per heavy atom. The molecule has 96 valence electrons. The predicted octanol–water partition coefficient (Wildman–Crippen LogP) is 2.85. The average molecular weight is 258 g/mol. The van der Waals surface area contributed by atoms with Gasteiger partial charge in [-0.05, 0) is 24.3 Å². The minimum atomic E-state index is -0.405. The van der Waals surface area contributed by atoms with Crippen LogP contribution in [0.3, 0.4) is 0 Å². The summed E-state index contributed by atoms with van der Waals surface area (Å²) in [6, 6.07) is 8.22. The lowest BCUT2D eigenvalue weighted by Gasteiger charge is -2.06. The van der Waals surface area contributed by atoms with Crippen LogP contribution < -0.4 is 10.1 Å². The van der Waals surface area contributed by atoms with E-state index in [0.29, 0.717) is 11.5 Å². The molecular weight excluding hydrogens is 247 g/mol. The molecule has 0 aliphatic heterocycles. The molecular formula is C13H11FN4O. The smallest absolute Gasteiger partial charge is 0.178 e. The van der Waals surface area contributed by atoms with Crippen LogP contribution in [-0.4, -0.2) is 22.3 Å². The van der Waals surface area contributed by atoms with Crippen LogP contribution in [0.5, 0.6) is 5.75 Å². The number of ether oxygens (including phenoxy) is 1. The van der Waals surface area contributed by atoms with Gasteiger partial charge in [0, 0.05) is 18.0 Å². The average Bonchev–Trinajstić information content (AvgIpc) is 2.84. The molecule has 0 amide bonds. The van der Waals surface area contributed by atoms with Gasteiger partial charge in [-0.25, -0.2) is 4.39 Å². The quantitative estimate of drug-likeness (QED) is 0.758. The molecule has 0 saturated heterocycles. The van der Waals surface area contributed by atoms with Crippen molar-refractivity contribution in [1.29, 1.82) is 0 Å². The number of hydrogen-bond acceptors (Lipinski definition) is 4. The largest absolute Gasteiger partial charge is 0.494 e. The van der Waals surface area contributed by atoms with Crippen LogP contribution >= 0.6 is 0 Å². The third kappa shape index (κ3) is 2.08. The highest BCUT2D eigenvalue weighted by Gasteiger charge is 2.08. The van der Waals surface area contributed by atoms with Gasteiger partial charge in [-0.2, -0.15) is 5.10 Å². The molecule has 19 heavy (non-hydrogen) atoms. The van der Waals surface area contributed by atoms with Gasteiger partial charge in [0.25, 0.3) is 0 Å². The molecule has 0 fully saturated rings. The van der Waals surface area contributed by atoms with Crippen molar-refractivity contribution >= 4 is 22.5 Å². The number of pyridine rings is 1. The molecule has 0 aliphatic carbocycles. The van der Waals surface area contributed by atoms with Gasteiger partial charge in [-0.1, -0.05) is 0 Å². The van der Waals surface area contributed by atoms with E-state index in [0.717, 1.165) is 11.0 Å². The van der Waals surface area contributed by atoms with Crippen LogP contribution in [0.2, 0.25) is 0 Å². The van der Waals surface area contributed by atoms with Crippen molar-refractivity contribution in [3.63, 3.8) is 0 Å². The molecule has 5 nitrogen and oxygen atoms in total. The Labute approximate surface area is 108 Å². The fraction of sp³-hybridized carbons (Fsp3) is 0.0769. The van der Waals surface area contributed by atoms with E-state index in [9.17, 15) is 4.39 Å². The molecule has 1 aromatic carbocycles. The van der Waals surface area contributed by atoms with Crippen LogP contribution in [0.25, 0.3) is 11.0 Å². The van der Waals surface area contributed by atoms with E-state index in [2.05, 4.69) is 20.5 Å². The Bertz CT molecular complexity index is 725. The SMILES string of the molecule is COc1cc(Nc2n[nH]c3cccnc23)ccc1F. The summed E-state index contributed by atoms with van der Waals surface area (Å²) >= 11 is 0. The molecule has 0 spiro atoms. The highest BCUT2D eigenvalue weighted by molar-refractivity contribution is 5.87. The zero-order valence-electron chi connectivity index (χ0n) is 10.1. The van der Waals surface area contributed by atoms with E-state index in [1.54, 1.807) is 18.3 Å². The van der Waals surface area contributed by atoms with Crippen LogP contribution in [0, 0.1) is 5.82 Å². The number of halogens is 1. The van der Waals surface area contributed by atoms with Crippen LogP contribution in [0.4, 0.5) is 15.9 Å². The van der Waals surface area contributed by atoms with Crippen molar-refractivity contribution in [2.24, 2.45) is 0 Å².